The SMILES string of the molecule is C#Cc1ccc(C(C(=O)NC(C)C)N(C(=O)C(CCSC)NC(=O)OC(C)(C)C)C(C)(C)C)cc1. The maximum atomic E-state index is 14.1. The number of ether oxygens (including phenoxy) is 1. The Balaban J connectivity index is 3.54. The fraction of sp³-hybridized carbons (Fsp3) is 0.593. The summed E-state index contributed by atoms with van der Waals surface area (Å²) in [4.78, 5) is 41.7. The number of thioether (sulfide) groups is 1. The number of rotatable bonds is 9. The van der Waals surface area contributed by atoms with Crippen molar-refractivity contribution in [1.82, 2.24) is 15.5 Å². The van der Waals surface area contributed by atoms with Crippen LogP contribution in [0.3, 0.4) is 0 Å². The molecular formula is C27H41N3O4S. The fourth-order valence-electron chi connectivity index (χ4n) is 3.50. The van der Waals surface area contributed by atoms with E-state index in [0.29, 0.717) is 23.3 Å². The van der Waals surface area contributed by atoms with Gasteiger partial charge in [-0.3, -0.25) is 9.59 Å². The minimum absolute atomic E-state index is 0.126. The van der Waals surface area contributed by atoms with Crippen molar-refractivity contribution < 1.29 is 19.1 Å². The van der Waals surface area contributed by atoms with Gasteiger partial charge in [-0.25, -0.2) is 4.79 Å². The molecule has 0 radical (unpaired) electrons. The molecule has 2 atom stereocenters. The van der Waals surface area contributed by atoms with Crippen LogP contribution in [0.1, 0.15) is 79.0 Å². The van der Waals surface area contributed by atoms with Gasteiger partial charge in [-0.15, -0.1) is 6.42 Å². The lowest BCUT2D eigenvalue weighted by Gasteiger charge is -2.43. The minimum atomic E-state index is -0.922. The monoisotopic (exact) mass is 503 g/mol. The Morgan fingerprint density at radius 2 is 1.63 bits per heavy atom. The van der Waals surface area contributed by atoms with Gasteiger partial charge in [0.1, 0.15) is 17.7 Å². The van der Waals surface area contributed by atoms with Crippen molar-refractivity contribution in [2.24, 2.45) is 0 Å². The zero-order chi connectivity index (χ0) is 27.0. The van der Waals surface area contributed by atoms with Crippen LogP contribution in [0, 0.1) is 12.3 Å². The van der Waals surface area contributed by atoms with Gasteiger partial charge in [0, 0.05) is 17.1 Å². The predicted octanol–water partition coefficient (Wildman–Crippen LogP) is 4.51. The smallest absolute Gasteiger partial charge is 0.408 e. The molecule has 0 bridgehead atoms. The van der Waals surface area contributed by atoms with E-state index < -0.39 is 29.3 Å². The van der Waals surface area contributed by atoms with E-state index in [1.54, 1.807) is 61.7 Å². The molecule has 8 heteroatoms. The highest BCUT2D eigenvalue weighted by Gasteiger charge is 2.41. The number of amides is 3. The lowest BCUT2D eigenvalue weighted by molar-refractivity contribution is -0.148. The third kappa shape index (κ3) is 9.85. The van der Waals surface area contributed by atoms with E-state index in [4.69, 9.17) is 11.2 Å². The fourth-order valence-corrected chi connectivity index (χ4v) is 3.97. The van der Waals surface area contributed by atoms with Crippen LogP contribution in [-0.2, 0) is 14.3 Å². The molecule has 1 aromatic carbocycles. The van der Waals surface area contributed by atoms with E-state index in [1.807, 2.05) is 40.9 Å². The van der Waals surface area contributed by atoms with Crippen LogP contribution in [-0.4, -0.2) is 58.0 Å². The van der Waals surface area contributed by atoms with Gasteiger partial charge < -0.3 is 20.3 Å². The van der Waals surface area contributed by atoms with Gasteiger partial charge in [0.2, 0.25) is 11.8 Å². The van der Waals surface area contributed by atoms with E-state index in [0.717, 1.165) is 0 Å². The molecule has 7 nitrogen and oxygen atoms in total. The van der Waals surface area contributed by atoms with E-state index in [2.05, 4.69) is 16.6 Å². The summed E-state index contributed by atoms with van der Waals surface area (Å²) in [7, 11) is 0. The summed E-state index contributed by atoms with van der Waals surface area (Å²) in [6, 6.07) is 5.12. The van der Waals surface area contributed by atoms with Crippen molar-refractivity contribution in [3.63, 3.8) is 0 Å². The van der Waals surface area contributed by atoms with Gasteiger partial charge in [-0.2, -0.15) is 11.8 Å². The number of carbonyl (C=O) groups is 3. The summed E-state index contributed by atoms with van der Waals surface area (Å²) < 4.78 is 5.41. The summed E-state index contributed by atoms with van der Waals surface area (Å²) in [5.74, 6) is 2.55. The normalized spacial score (nSPS) is 13.4. The van der Waals surface area contributed by atoms with Gasteiger partial charge in [0.15, 0.2) is 0 Å². The summed E-state index contributed by atoms with van der Waals surface area (Å²) in [5, 5.41) is 5.68. The lowest BCUT2D eigenvalue weighted by Crippen LogP contribution is -2.59. The molecule has 35 heavy (non-hydrogen) atoms. The molecule has 3 amide bonds. The molecule has 0 aliphatic rings. The molecule has 0 heterocycles. The van der Waals surface area contributed by atoms with Gasteiger partial charge in [0.25, 0.3) is 0 Å². The topological polar surface area (TPSA) is 87.7 Å². The zero-order valence-electron chi connectivity index (χ0n) is 22.5. The number of terminal acetylenes is 1. The van der Waals surface area contributed by atoms with Crippen LogP contribution in [0.2, 0.25) is 0 Å². The average Bonchev–Trinajstić information content (AvgIpc) is 2.71. The zero-order valence-corrected chi connectivity index (χ0v) is 23.3. The van der Waals surface area contributed by atoms with Crippen LogP contribution in [0.25, 0.3) is 0 Å². The minimum Gasteiger partial charge on any atom is -0.444 e. The second kappa shape index (κ2) is 12.9. The standard InChI is InChI=1S/C27H41N3O4S/c1-11-19-12-14-20(15-13-19)22(23(31)28-18(2)3)30(26(4,5)6)24(32)21(16-17-35-10)29-25(33)34-27(7,8)9/h1,12-15,18,21-22H,16-17H2,2-10H3,(H,28,31)(H,29,33). The Kier molecular flexibility index (Phi) is 11.2. The first-order valence-electron chi connectivity index (χ1n) is 11.8. The molecule has 2 N–H and O–H groups in total. The second-order valence-corrected chi connectivity index (χ2v) is 11.7. The van der Waals surface area contributed by atoms with Crippen molar-refractivity contribution in [2.45, 2.75) is 91.1 Å². The first-order valence-corrected chi connectivity index (χ1v) is 13.2. The third-order valence-corrected chi connectivity index (χ3v) is 5.53. The molecule has 0 saturated carbocycles. The largest absolute Gasteiger partial charge is 0.444 e. The molecule has 0 aromatic heterocycles. The highest BCUT2D eigenvalue weighted by atomic mass is 32.2. The molecule has 194 valence electrons. The molecule has 1 aromatic rings. The Labute approximate surface area is 215 Å². The van der Waals surface area contributed by atoms with E-state index in [1.165, 1.54) is 0 Å². The van der Waals surface area contributed by atoms with Gasteiger partial charge in [-0.1, -0.05) is 18.1 Å². The summed E-state index contributed by atoms with van der Waals surface area (Å²) in [5.41, 5.74) is -0.144. The van der Waals surface area contributed by atoms with Crippen molar-refractivity contribution in [3.05, 3.63) is 35.4 Å². The van der Waals surface area contributed by atoms with E-state index >= 15 is 0 Å². The summed E-state index contributed by atoms with van der Waals surface area (Å²) in [6.07, 6.45) is 7.16. The van der Waals surface area contributed by atoms with Crippen LogP contribution in [0.4, 0.5) is 4.79 Å². The molecule has 0 saturated heterocycles. The molecule has 0 fully saturated rings. The predicted molar refractivity (Wildman–Crippen MR) is 143 cm³/mol. The molecule has 1 rings (SSSR count). The second-order valence-electron chi connectivity index (χ2n) is 10.7. The summed E-state index contributed by atoms with van der Waals surface area (Å²) >= 11 is 1.57. The Hall–Kier alpha value is -2.66. The first-order chi connectivity index (χ1) is 16.1. The Bertz CT molecular complexity index is 908. The molecule has 2 unspecified atom stereocenters. The van der Waals surface area contributed by atoms with Gasteiger partial charge in [0.05, 0.1) is 0 Å². The number of nitrogens with zero attached hydrogens (tertiary/aromatic N) is 1. The van der Waals surface area contributed by atoms with Crippen LogP contribution in [0.15, 0.2) is 24.3 Å². The van der Waals surface area contributed by atoms with Crippen molar-refractivity contribution in [2.75, 3.05) is 12.0 Å². The molecule has 0 spiro atoms. The summed E-state index contributed by atoms with van der Waals surface area (Å²) in [6.45, 7) is 14.6. The van der Waals surface area contributed by atoms with Crippen molar-refractivity contribution >= 4 is 29.7 Å². The number of nitrogens with one attached hydrogen (secondary N) is 2. The quantitative estimate of drug-likeness (QED) is 0.484. The Morgan fingerprint density at radius 3 is 2.06 bits per heavy atom. The lowest BCUT2D eigenvalue weighted by atomic mass is 9.94. The number of hydrogen-bond acceptors (Lipinski definition) is 5. The van der Waals surface area contributed by atoms with Crippen LogP contribution < -0.4 is 10.6 Å². The van der Waals surface area contributed by atoms with Gasteiger partial charge in [-0.05, 0) is 91.5 Å². The van der Waals surface area contributed by atoms with Crippen LogP contribution >= 0.6 is 11.8 Å². The number of carbonyl (C=O) groups excluding carboxylic acids is 3. The maximum absolute atomic E-state index is 14.1. The van der Waals surface area contributed by atoms with Crippen LogP contribution in [0.5, 0.6) is 0 Å². The highest BCUT2D eigenvalue weighted by molar-refractivity contribution is 7.98. The number of hydrogen-bond donors (Lipinski definition) is 2. The van der Waals surface area contributed by atoms with Gasteiger partial charge >= 0.3 is 6.09 Å². The number of benzene rings is 1. The molecular weight excluding hydrogens is 462 g/mol. The highest BCUT2D eigenvalue weighted by Crippen LogP contribution is 2.31. The van der Waals surface area contributed by atoms with Crippen molar-refractivity contribution in [3.8, 4) is 12.3 Å². The van der Waals surface area contributed by atoms with E-state index in [-0.39, 0.29) is 17.9 Å². The maximum Gasteiger partial charge on any atom is 0.408 e. The average molecular weight is 504 g/mol. The Morgan fingerprint density at radius 1 is 1.06 bits per heavy atom. The van der Waals surface area contributed by atoms with E-state index in [9.17, 15) is 14.4 Å². The molecule has 0 aliphatic heterocycles. The third-order valence-electron chi connectivity index (χ3n) is 4.89. The molecule has 0 aliphatic carbocycles. The van der Waals surface area contributed by atoms with Crippen molar-refractivity contribution in [1.29, 1.82) is 0 Å². The number of alkyl carbamates (subject to hydrolysis) is 1. The first kappa shape index (κ1) is 30.4.